The van der Waals surface area contributed by atoms with Gasteiger partial charge in [-0.15, -0.1) is 0 Å². The minimum Gasteiger partial charge on any atom is -0.481 e. The Morgan fingerprint density at radius 3 is 2.38 bits per heavy atom. The van der Waals surface area contributed by atoms with Crippen LogP contribution in [0.3, 0.4) is 0 Å². The van der Waals surface area contributed by atoms with Gasteiger partial charge in [0.25, 0.3) is 0 Å². The number of carboxylic acids is 1. The van der Waals surface area contributed by atoms with Crippen molar-refractivity contribution in [1.29, 1.82) is 0 Å². The summed E-state index contributed by atoms with van der Waals surface area (Å²) in [6.07, 6.45) is 16.0. The van der Waals surface area contributed by atoms with Crippen molar-refractivity contribution < 1.29 is 23.1 Å². The van der Waals surface area contributed by atoms with Crippen LogP contribution in [0.4, 0.5) is 0 Å². The number of nitrogens with one attached hydrogen (secondary N) is 1. The van der Waals surface area contributed by atoms with Gasteiger partial charge in [0.2, 0.25) is 10.0 Å². The normalized spacial score (nSPS) is 30.8. The van der Waals surface area contributed by atoms with E-state index in [0.717, 1.165) is 51.4 Å². The lowest BCUT2D eigenvalue weighted by Crippen LogP contribution is -2.39. The van der Waals surface area contributed by atoms with E-state index in [4.69, 9.17) is 9.84 Å². The number of allylic oxidation sites excluding steroid dienone is 2. The smallest absolute Gasteiger partial charge is 0.303 e. The van der Waals surface area contributed by atoms with Crippen LogP contribution >= 0.6 is 0 Å². The van der Waals surface area contributed by atoms with Crippen LogP contribution in [0, 0.1) is 17.8 Å². The lowest BCUT2D eigenvalue weighted by atomic mass is 9.77. The average Bonchev–Trinajstić information content (AvgIpc) is 3.17. The van der Waals surface area contributed by atoms with E-state index in [1.54, 1.807) is 0 Å². The van der Waals surface area contributed by atoms with E-state index >= 15 is 0 Å². The first-order chi connectivity index (χ1) is 13.9. The predicted molar refractivity (Wildman–Crippen MR) is 113 cm³/mol. The summed E-state index contributed by atoms with van der Waals surface area (Å²) in [5.41, 5.74) is 0. The molecule has 4 atom stereocenters. The molecule has 7 heteroatoms. The van der Waals surface area contributed by atoms with Gasteiger partial charge < -0.3 is 9.84 Å². The first kappa shape index (κ1) is 22.8. The molecule has 2 N–H and O–H groups in total. The highest BCUT2D eigenvalue weighted by atomic mass is 32.2. The monoisotopic (exact) mass is 427 g/mol. The number of hydrogen-bond acceptors (Lipinski definition) is 4. The van der Waals surface area contributed by atoms with Crippen LogP contribution in [0.5, 0.6) is 0 Å². The third kappa shape index (κ3) is 7.07. The number of rotatable bonds is 11. The number of hydrogen-bond donors (Lipinski definition) is 2. The summed E-state index contributed by atoms with van der Waals surface area (Å²) in [5.74, 6) is 0.404. The fourth-order valence-electron chi connectivity index (χ4n) is 5.35. The maximum Gasteiger partial charge on any atom is 0.303 e. The molecule has 1 saturated carbocycles. The molecule has 2 heterocycles. The highest BCUT2D eigenvalue weighted by Crippen LogP contribution is 2.45. The first-order valence-electron chi connectivity index (χ1n) is 11.4. The van der Waals surface area contributed by atoms with Crippen LogP contribution in [-0.4, -0.2) is 44.0 Å². The minimum atomic E-state index is -3.24. The quantitative estimate of drug-likeness (QED) is 0.297. The van der Waals surface area contributed by atoms with Crippen molar-refractivity contribution in [3.05, 3.63) is 12.2 Å². The fraction of sp³-hybridized carbons (Fsp3) is 0.864. The van der Waals surface area contributed by atoms with Gasteiger partial charge in [0.15, 0.2) is 0 Å². The molecule has 0 amide bonds. The molecule has 3 fully saturated rings. The molecule has 29 heavy (non-hydrogen) atoms. The molecule has 2 bridgehead atoms. The molecule has 0 aromatic heterocycles. The van der Waals surface area contributed by atoms with E-state index in [1.807, 2.05) is 0 Å². The van der Waals surface area contributed by atoms with E-state index < -0.39 is 16.0 Å². The van der Waals surface area contributed by atoms with Crippen LogP contribution in [-0.2, 0) is 19.6 Å². The third-order valence-electron chi connectivity index (χ3n) is 6.90. The summed E-state index contributed by atoms with van der Waals surface area (Å²) in [5, 5.41) is 8.69. The van der Waals surface area contributed by atoms with Crippen molar-refractivity contribution in [3.63, 3.8) is 0 Å². The molecule has 166 valence electrons. The number of carbonyl (C=O) groups is 1. The summed E-state index contributed by atoms with van der Waals surface area (Å²) in [7, 11) is -3.24. The lowest BCUT2D eigenvalue weighted by molar-refractivity contribution is -0.137. The SMILES string of the molecule is O=C(O)CCCC=CC[C@@H]1[C@H](CNS(=O)(=O)CC2CCCCCC2)[C@@H]2CC[C@H]1O2. The zero-order valence-electron chi connectivity index (χ0n) is 17.4. The summed E-state index contributed by atoms with van der Waals surface area (Å²) < 4.78 is 34.3. The molecule has 1 aliphatic carbocycles. The van der Waals surface area contributed by atoms with Gasteiger partial charge in [-0.05, 0) is 56.8 Å². The molecular weight excluding hydrogens is 390 g/mol. The highest BCUT2D eigenvalue weighted by Gasteiger charge is 2.48. The van der Waals surface area contributed by atoms with Gasteiger partial charge in [-0.1, -0.05) is 37.8 Å². The second-order valence-electron chi connectivity index (χ2n) is 9.10. The molecule has 0 spiro atoms. The zero-order chi connectivity index (χ0) is 20.7. The molecule has 2 aliphatic heterocycles. The van der Waals surface area contributed by atoms with Gasteiger partial charge >= 0.3 is 5.97 Å². The standard InChI is InChI=1S/C22H37NO5S/c24-22(25)12-8-4-3-7-11-18-19(21-14-13-20(18)28-21)15-23-29(26,27)16-17-9-5-1-2-6-10-17/h3,7,17-21,23H,1-2,4-6,8-16H2,(H,24,25)/t18-,19+,20-,21+/m1/s1. The largest absolute Gasteiger partial charge is 0.481 e. The van der Waals surface area contributed by atoms with Crippen LogP contribution in [0.25, 0.3) is 0 Å². The van der Waals surface area contributed by atoms with E-state index in [9.17, 15) is 13.2 Å². The highest BCUT2D eigenvalue weighted by molar-refractivity contribution is 7.89. The van der Waals surface area contributed by atoms with Crippen molar-refractivity contribution in [2.75, 3.05) is 12.3 Å². The Bertz CT molecular complexity index is 654. The number of sulfonamides is 1. The summed E-state index contributed by atoms with van der Waals surface area (Å²) >= 11 is 0. The number of unbranched alkanes of at least 4 members (excludes halogenated alkanes) is 1. The van der Waals surface area contributed by atoms with Crippen LogP contribution in [0.1, 0.15) is 77.0 Å². The van der Waals surface area contributed by atoms with Crippen molar-refractivity contribution in [1.82, 2.24) is 4.72 Å². The Morgan fingerprint density at radius 1 is 1.00 bits per heavy atom. The molecular formula is C22H37NO5S. The average molecular weight is 428 g/mol. The van der Waals surface area contributed by atoms with E-state index in [0.29, 0.717) is 24.8 Å². The first-order valence-corrected chi connectivity index (χ1v) is 13.1. The van der Waals surface area contributed by atoms with Crippen molar-refractivity contribution >= 4 is 16.0 Å². The fourth-order valence-corrected chi connectivity index (χ4v) is 6.86. The predicted octanol–water partition coefficient (Wildman–Crippen LogP) is 3.87. The second kappa shape index (κ2) is 10.9. The molecule has 0 aromatic carbocycles. The van der Waals surface area contributed by atoms with E-state index in [-0.39, 0.29) is 30.3 Å². The molecule has 2 saturated heterocycles. The van der Waals surface area contributed by atoms with Gasteiger partial charge in [0.1, 0.15) is 0 Å². The summed E-state index contributed by atoms with van der Waals surface area (Å²) in [6, 6.07) is 0. The third-order valence-corrected chi connectivity index (χ3v) is 8.41. The second-order valence-corrected chi connectivity index (χ2v) is 11.0. The zero-order valence-corrected chi connectivity index (χ0v) is 18.2. The molecule has 3 rings (SSSR count). The molecule has 6 nitrogen and oxygen atoms in total. The van der Waals surface area contributed by atoms with Crippen LogP contribution in [0.15, 0.2) is 12.2 Å². The summed E-state index contributed by atoms with van der Waals surface area (Å²) in [4.78, 5) is 10.6. The topological polar surface area (TPSA) is 92.7 Å². The van der Waals surface area contributed by atoms with Gasteiger partial charge in [-0.2, -0.15) is 0 Å². The lowest BCUT2D eigenvalue weighted by Gasteiger charge is -2.27. The van der Waals surface area contributed by atoms with Gasteiger partial charge in [0.05, 0.1) is 18.0 Å². The Hall–Kier alpha value is -0.920. The van der Waals surface area contributed by atoms with Gasteiger partial charge in [-0.3, -0.25) is 4.79 Å². The van der Waals surface area contributed by atoms with E-state index in [1.165, 1.54) is 12.8 Å². The number of fused-ring (bicyclic) bond motifs is 2. The van der Waals surface area contributed by atoms with Crippen molar-refractivity contribution in [2.24, 2.45) is 17.8 Å². The maximum absolute atomic E-state index is 12.7. The Morgan fingerprint density at radius 2 is 1.69 bits per heavy atom. The van der Waals surface area contributed by atoms with Gasteiger partial charge in [-0.25, -0.2) is 13.1 Å². The Balaban J connectivity index is 1.46. The molecule has 0 aromatic rings. The summed E-state index contributed by atoms with van der Waals surface area (Å²) in [6.45, 7) is 0.480. The van der Waals surface area contributed by atoms with Crippen LogP contribution < -0.4 is 4.72 Å². The molecule has 0 unspecified atom stereocenters. The van der Waals surface area contributed by atoms with E-state index in [2.05, 4.69) is 16.9 Å². The number of carboxylic acid groups (broad SMARTS) is 1. The maximum atomic E-state index is 12.7. The molecule has 3 aliphatic rings. The van der Waals surface area contributed by atoms with Gasteiger partial charge in [0, 0.05) is 18.9 Å². The molecule has 0 radical (unpaired) electrons. The number of ether oxygens (including phenoxy) is 1. The van der Waals surface area contributed by atoms with Crippen molar-refractivity contribution in [2.45, 2.75) is 89.3 Å². The Labute approximate surface area is 175 Å². The van der Waals surface area contributed by atoms with Crippen LogP contribution in [0.2, 0.25) is 0 Å². The van der Waals surface area contributed by atoms with Crippen molar-refractivity contribution in [3.8, 4) is 0 Å². The number of aliphatic carboxylic acids is 1. The minimum absolute atomic E-state index is 0.172. The Kier molecular flexibility index (Phi) is 8.57.